The summed E-state index contributed by atoms with van der Waals surface area (Å²) in [6.45, 7) is 5.74. The maximum absolute atomic E-state index is 9.41. The highest BCUT2D eigenvalue weighted by Crippen LogP contribution is 2.31. The van der Waals surface area contributed by atoms with Gasteiger partial charge in [0.15, 0.2) is 0 Å². The fourth-order valence-corrected chi connectivity index (χ4v) is 3.35. The lowest BCUT2D eigenvalue weighted by Crippen LogP contribution is -2.57. The molecule has 3 atom stereocenters. The van der Waals surface area contributed by atoms with Gasteiger partial charge in [-0.1, -0.05) is 0 Å². The smallest absolute Gasteiger partial charge is 0.108 e. The van der Waals surface area contributed by atoms with E-state index in [0.29, 0.717) is 12.1 Å². The van der Waals surface area contributed by atoms with E-state index in [0.717, 1.165) is 32.5 Å². The lowest BCUT2D eigenvalue weighted by Gasteiger charge is -2.46. The molecule has 1 saturated carbocycles. The number of nitrogens with one attached hydrogen (secondary N) is 1. The summed E-state index contributed by atoms with van der Waals surface area (Å²) in [4.78, 5) is 5.03. The van der Waals surface area contributed by atoms with E-state index in [1.54, 1.807) is 0 Å². The molecule has 0 spiro atoms. The van der Waals surface area contributed by atoms with E-state index >= 15 is 0 Å². The minimum absolute atomic E-state index is 0.282. The Morgan fingerprint density at radius 3 is 2.78 bits per heavy atom. The first-order valence-corrected chi connectivity index (χ1v) is 7.15. The highest BCUT2D eigenvalue weighted by atomic mass is 15.3. The summed E-state index contributed by atoms with van der Waals surface area (Å²) in [5.41, 5.74) is -0.282. The second-order valence-electron chi connectivity index (χ2n) is 6.02. The topological polar surface area (TPSA) is 42.3 Å². The number of likely N-dealkylation sites (N-methyl/N-ethyl adjacent to an activating group) is 1. The maximum Gasteiger partial charge on any atom is 0.108 e. The molecule has 2 rings (SSSR count). The molecule has 0 aromatic carbocycles. The molecule has 2 aliphatic rings. The zero-order valence-corrected chi connectivity index (χ0v) is 11.9. The van der Waals surface area contributed by atoms with Crippen molar-refractivity contribution in [3.05, 3.63) is 0 Å². The van der Waals surface area contributed by atoms with Gasteiger partial charge in [0.05, 0.1) is 6.07 Å². The second-order valence-corrected chi connectivity index (χ2v) is 6.02. The molecule has 1 saturated heterocycles. The Morgan fingerprint density at radius 2 is 2.17 bits per heavy atom. The average molecular weight is 250 g/mol. The summed E-state index contributed by atoms with van der Waals surface area (Å²) in [7, 11) is 4.13. The molecule has 0 amide bonds. The van der Waals surface area contributed by atoms with Gasteiger partial charge in [-0.3, -0.25) is 4.90 Å². The minimum Gasteiger partial charge on any atom is -0.302 e. The van der Waals surface area contributed by atoms with Crippen LogP contribution in [0.5, 0.6) is 0 Å². The van der Waals surface area contributed by atoms with E-state index in [-0.39, 0.29) is 5.54 Å². The van der Waals surface area contributed by atoms with Gasteiger partial charge in [0.25, 0.3) is 0 Å². The van der Waals surface area contributed by atoms with Crippen molar-refractivity contribution in [3.63, 3.8) is 0 Å². The van der Waals surface area contributed by atoms with Crippen LogP contribution in [0, 0.1) is 11.3 Å². The minimum atomic E-state index is -0.282. The van der Waals surface area contributed by atoms with Gasteiger partial charge in [0, 0.05) is 31.7 Å². The summed E-state index contributed by atoms with van der Waals surface area (Å²) >= 11 is 0. The number of nitrogens with zero attached hydrogens (tertiary/aromatic N) is 3. The van der Waals surface area contributed by atoms with Crippen LogP contribution in [0.3, 0.4) is 0 Å². The Balaban J connectivity index is 1.99. The van der Waals surface area contributed by atoms with Crippen LogP contribution >= 0.6 is 0 Å². The Kier molecular flexibility index (Phi) is 4.26. The molecular weight excluding hydrogens is 224 g/mol. The summed E-state index contributed by atoms with van der Waals surface area (Å²) in [5.74, 6) is 0. The average Bonchev–Trinajstić information content (AvgIpc) is 2.42. The summed E-state index contributed by atoms with van der Waals surface area (Å²) < 4.78 is 0. The standard InChI is InChI=1S/C14H26N4/c1-12-10-18(8-7-17(12)3)13-5-4-6-14(9-13,11-15)16-2/h12-13,16H,4-10H2,1-3H3. The Bertz CT molecular complexity index is 324. The first-order chi connectivity index (χ1) is 8.60. The van der Waals surface area contributed by atoms with Crippen molar-refractivity contribution in [2.75, 3.05) is 33.7 Å². The second kappa shape index (κ2) is 5.56. The van der Waals surface area contributed by atoms with E-state index in [1.807, 2.05) is 7.05 Å². The fraction of sp³-hybridized carbons (Fsp3) is 0.929. The van der Waals surface area contributed by atoms with Gasteiger partial charge in [-0.05, 0) is 46.7 Å². The van der Waals surface area contributed by atoms with Crippen LogP contribution in [0.25, 0.3) is 0 Å². The fourth-order valence-electron chi connectivity index (χ4n) is 3.35. The van der Waals surface area contributed by atoms with Crippen molar-refractivity contribution < 1.29 is 0 Å². The quantitative estimate of drug-likeness (QED) is 0.795. The van der Waals surface area contributed by atoms with Crippen LogP contribution in [0.2, 0.25) is 0 Å². The van der Waals surface area contributed by atoms with Crippen LogP contribution in [0.1, 0.15) is 32.6 Å². The monoisotopic (exact) mass is 250 g/mol. The molecule has 0 bridgehead atoms. The SMILES string of the molecule is CNC1(C#N)CCCC(N2CCN(C)C(C)C2)C1. The molecule has 1 aliphatic carbocycles. The van der Waals surface area contributed by atoms with Gasteiger partial charge in [0.1, 0.15) is 5.54 Å². The Hall–Kier alpha value is -0.630. The molecule has 4 nitrogen and oxygen atoms in total. The number of hydrogen-bond acceptors (Lipinski definition) is 4. The maximum atomic E-state index is 9.41. The Labute approximate surface area is 111 Å². The Morgan fingerprint density at radius 1 is 1.39 bits per heavy atom. The van der Waals surface area contributed by atoms with Gasteiger partial charge in [-0.2, -0.15) is 5.26 Å². The van der Waals surface area contributed by atoms with Gasteiger partial charge in [0.2, 0.25) is 0 Å². The summed E-state index contributed by atoms with van der Waals surface area (Å²) in [6, 6.07) is 3.72. The van der Waals surface area contributed by atoms with Crippen molar-refractivity contribution in [3.8, 4) is 6.07 Å². The van der Waals surface area contributed by atoms with Gasteiger partial charge < -0.3 is 10.2 Å². The molecule has 4 heteroatoms. The van der Waals surface area contributed by atoms with E-state index < -0.39 is 0 Å². The number of nitriles is 1. The molecular formula is C14H26N4. The van der Waals surface area contributed by atoms with Crippen molar-refractivity contribution in [1.82, 2.24) is 15.1 Å². The van der Waals surface area contributed by atoms with Crippen LogP contribution in [0.15, 0.2) is 0 Å². The van der Waals surface area contributed by atoms with E-state index in [9.17, 15) is 5.26 Å². The van der Waals surface area contributed by atoms with Crippen LogP contribution in [0.4, 0.5) is 0 Å². The van der Waals surface area contributed by atoms with Crippen LogP contribution in [-0.4, -0.2) is 61.2 Å². The van der Waals surface area contributed by atoms with Crippen LogP contribution in [-0.2, 0) is 0 Å². The third-order valence-electron chi connectivity index (χ3n) is 4.93. The van der Waals surface area contributed by atoms with Crippen molar-refractivity contribution in [1.29, 1.82) is 5.26 Å². The molecule has 18 heavy (non-hydrogen) atoms. The highest BCUT2D eigenvalue weighted by Gasteiger charge is 2.38. The van der Waals surface area contributed by atoms with Crippen molar-refractivity contribution in [2.45, 2.75) is 50.2 Å². The molecule has 1 heterocycles. The zero-order valence-electron chi connectivity index (χ0n) is 11.9. The normalized spacial score (nSPS) is 39.4. The summed E-state index contributed by atoms with van der Waals surface area (Å²) in [5, 5.41) is 12.7. The lowest BCUT2D eigenvalue weighted by molar-refractivity contribution is 0.0453. The molecule has 0 aromatic heterocycles. The largest absolute Gasteiger partial charge is 0.302 e. The van der Waals surface area contributed by atoms with Gasteiger partial charge >= 0.3 is 0 Å². The molecule has 2 fully saturated rings. The zero-order chi connectivity index (χ0) is 13.2. The molecule has 1 N–H and O–H groups in total. The first kappa shape index (κ1) is 13.8. The third kappa shape index (κ3) is 2.69. The van der Waals surface area contributed by atoms with Gasteiger partial charge in [-0.15, -0.1) is 0 Å². The predicted octanol–water partition coefficient (Wildman–Crippen LogP) is 1.05. The molecule has 3 unspecified atom stereocenters. The van der Waals surface area contributed by atoms with E-state index in [1.165, 1.54) is 12.8 Å². The highest BCUT2D eigenvalue weighted by molar-refractivity contribution is 5.10. The van der Waals surface area contributed by atoms with E-state index in [2.05, 4.69) is 35.2 Å². The summed E-state index contributed by atoms with van der Waals surface area (Å²) in [6.07, 6.45) is 4.40. The first-order valence-electron chi connectivity index (χ1n) is 7.15. The molecule has 0 aromatic rings. The predicted molar refractivity (Wildman–Crippen MR) is 73.3 cm³/mol. The number of rotatable bonds is 2. The molecule has 0 radical (unpaired) electrons. The number of piperazine rings is 1. The van der Waals surface area contributed by atoms with Gasteiger partial charge in [-0.25, -0.2) is 0 Å². The third-order valence-corrected chi connectivity index (χ3v) is 4.93. The van der Waals surface area contributed by atoms with Crippen molar-refractivity contribution >= 4 is 0 Å². The molecule has 102 valence electrons. The van der Waals surface area contributed by atoms with Crippen molar-refractivity contribution in [2.24, 2.45) is 0 Å². The number of hydrogen-bond donors (Lipinski definition) is 1. The lowest BCUT2D eigenvalue weighted by atomic mass is 9.79. The molecule has 1 aliphatic heterocycles. The van der Waals surface area contributed by atoms with E-state index in [4.69, 9.17) is 0 Å². The van der Waals surface area contributed by atoms with Crippen LogP contribution < -0.4 is 5.32 Å².